The minimum absolute atomic E-state index is 0.00556. The van der Waals surface area contributed by atoms with Crippen LogP contribution in [0.2, 0.25) is 0 Å². The predicted octanol–water partition coefficient (Wildman–Crippen LogP) is 4.78. The number of benzene rings is 1. The molecule has 3 N–H and O–H groups in total. The molecule has 3 aromatic heterocycles. The van der Waals surface area contributed by atoms with Gasteiger partial charge in [-0.15, -0.1) is 0 Å². The number of pyridine rings is 2. The van der Waals surface area contributed by atoms with E-state index in [9.17, 15) is 31.5 Å². The van der Waals surface area contributed by atoms with Gasteiger partial charge in [0.05, 0.1) is 12.8 Å². The fourth-order valence-corrected chi connectivity index (χ4v) is 4.00. The number of ether oxygens (including phenoxy) is 2. The Balaban J connectivity index is 1.98. The zero-order valence-electron chi connectivity index (χ0n) is 19.1. The number of nitrogens with two attached hydrogens (primary N) is 1. The van der Waals surface area contributed by atoms with Crippen LogP contribution in [0.25, 0.3) is 5.52 Å². The molecule has 1 aromatic carbocycles. The summed E-state index contributed by atoms with van der Waals surface area (Å²) in [5.74, 6) is -6.47. The van der Waals surface area contributed by atoms with Gasteiger partial charge in [0.2, 0.25) is 5.88 Å². The van der Waals surface area contributed by atoms with E-state index >= 15 is 0 Å². The standard InChI is InChI=1S/C23H15F5IN5O4/c1-37-21(35)13-7-11(6-10-4-5-31-18(30)16(10)25)17-20(38-22(36)23(26,27)28)32-9-34(17)19(13)33-15-3-2-12(29)8-14(15)24/h2-5,7-9,33H,6H2,1H3,(H2,30,31). The molecule has 9 nitrogen and oxygen atoms in total. The van der Waals surface area contributed by atoms with Crippen molar-refractivity contribution in [3.63, 3.8) is 0 Å². The molecular formula is C23H15F5IN5O4. The number of carbonyl (C=O) groups is 2. The molecule has 0 aliphatic rings. The average molecular weight is 647 g/mol. The van der Waals surface area contributed by atoms with Gasteiger partial charge in [-0.25, -0.2) is 28.3 Å². The first-order valence-corrected chi connectivity index (χ1v) is 11.5. The number of nitrogens with one attached hydrogen (secondary N) is 1. The molecule has 0 spiro atoms. The molecule has 4 aromatic rings. The van der Waals surface area contributed by atoms with Gasteiger partial charge in [-0.3, -0.25) is 4.40 Å². The van der Waals surface area contributed by atoms with E-state index in [0.29, 0.717) is 3.57 Å². The quantitative estimate of drug-likeness (QED) is 0.174. The lowest BCUT2D eigenvalue weighted by Gasteiger charge is -2.17. The van der Waals surface area contributed by atoms with Gasteiger partial charge in [-0.2, -0.15) is 13.2 Å². The van der Waals surface area contributed by atoms with Gasteiger partial charge >= 0.3 is 18.1 Å². The molecule has 4 rings (SSSR count). The summed E-state index contributed by atoms with van der Waals surface area (Å²) in [6, 6.07) is 6.58. The van der Waals surface area contributed by atoms with Crippen LogP contribution in [-0.4, -0.2) is 39.6 Å². The molecule has 0 bridgehead atoms. The number of nitrogen functional groups attached to an aromatic ring is 1. The van der Waals surface area contributed by atoms with E-state index in [0.717, 1.165) is 17.8 Å². The van der Waals surface area contributed by atoms with Crippen molar-refractivity contribution in [2.45, 2.75) is 12.6 Å². The van der Waals surface area contributed by atoms with Crippen molar-refractivity contribution in [2.75, 3.05) is 18.2 Å². The number of rotatable bonds is 6. The van der Waals surface area contributed by atoms with Crippen LogP contribution < -0.4 is 15.8 Å². The van der Waals surface area contributed by atoms with Gasteiger partial charge in [0.1, 0.15) is 29.0 Å². The second-order valence-electron chi connectivity index (χ2n) is 7.67. The maximum atomic E-state index is 14.7. The van der Waals surface area contributed by atoms with Crippen LogP contribution in [0.4, 0.5) is 39.3 Å². The molecule has 3 heterocycles. The van der Waals surface area contributed by atoms with Crippen molar-refractivity contribution in [1.82, 2.24) is 14.4 Å². The Morgan fingerprint density at radius 3 is 2.53 bits per heavy atom. The van der Waals surface area contributed by atoms with Crippen LogP contribution in [0.3, 0.4) is 0 Å². The lowest BCUT2D eigenvalue weighted by atomic mass is 10.0. The lowest BCUT2D eigenvalue weighted by Crippen LogP contribution is -2.28. The van der Waals surface area contributed by atoms with E-state index in [1.807, 2.05) is 22.6 Å². The van der Waals surface area contributed by atoms with E-state index in [2.05, 4.69) is 20.0 Å². The van der Waals surface area contributed by atoms with Gasteiger partial charge in [0, 0.05) is 16.2 Å². The van der Waals surface area contributed by atoms with Crippen LogP contribution in [0.5, 0.6) is 5.88 Å². The van der Waals surface area contributed by atoms with Gasteiger partial charge in [-0.05, 0) is 64.0 Å². The highest BCUT2D eigenvalue weighted by Gasteiger charge is 2.42. The number of hydrogen-bond acceptors (Lipinski definition) is 8. The van der Waals surface area contributed by atoms with Crippen molar-refractivity contribution in [2.24, 2.45) is 0 Å². The smallest absolute Gasteiger partial charge is 0.465 e. The van der Waals surface area contributed by atoms with Crippen molar-refractivity contribution in [1.29, 1.82) is 0 Å². The predicted molar refractivity (Wildman–Crippen MR) is 132 cm³/mol. The number of alkyl halides is 3. The lowest BCUT2D eigenvalue weighted by molar-refractivity contribution is -0.189. The van der Waals surface area contributed by atoms with Gasteiger partial charge < -0.3 is 20.5 Å². The Bertz CT molecular complexity index is 1570. The SMILES string of the molecule is COC(=O)c1cc(Cc2ccnc(N)c2F)c2c(OC(=O)C(F)(F)F)ncn2c1Nc1ccc(I)cc1F. The summed E-state index contributed by atoms with van der Waals surface area (Å²) in [4.78, 5) is 31.7. The molecule has 0 saturated carbocycles. The second kappa shape index (κ2) is 10.4. The van der Waals surface area contributed by atoms with Crippen LogP contribution in [-0.2, 0) is 16.0 Å². The summed E-state index contributed by atoms with van der Waals surface area (Å²) in [7, 11) is 1.08. The number of carbonyl (C=O) groups excluding carboxylic acids is 2. The molecular weight excluding hydrogens is 632 g/mol. The monoisotopic (exact) mass is 647 g/mol. The van der Waals surface area contributed by atoms with E-state index in [1.54, 1.807) is 6.07 Å². The third kappa shape index (κ3) is 5.32. The van der Waals surface area contributed by atoms with Crippen molar-refractivity contribution in [3.8, 4) is 5.88 Å². The fourth-order valence-electron chi connectivity index (χ4n) is 3.54. The zero-order valence-corrected chi connectivity index (χ0v) is 21.2. The third-order valence-corrected chi connectivity index (χ3v) is 5.91. The van der Waals surface area contributed by atoms with Crippen LogP contribution in [0.1, 0.15) is 21.5 Å². The summed E-state index contributed by atoms with van der Waals surface area (Å²) in [5.41, 5.74) is 4.96. The number of aromatic nitrogens is 3. The number of nitrogens with zero attached hydrogens (tertiary/aromatic N) is 3. The maximum Gasteiger partial charge on any atom is 0.491 e. The number of imidazole rings is 1. The number of esters is 2. The molecule has 198 valence electrons. The van der Waals surface area contributed by atoms with Gasteiger partial charge in [0.25, 0.3) is 0 Å². The molecule has 0 radical (unpaired) electrons. The number of halogens is 6. The molecule has 0 unspecified atom stereocenters. The molecule has 15 heteroatoms. The van der Waals surface area contributed by atoms with E-state index in [-0.39, 0.29) is 40.1 Å². The molecule has 0 saturated heterocycles. The first-order valence-electron chi connectivity index (χ1n) is 10.4. The van der Waals surface area contributed by atoms with E-state index in [1.165, 1.54) is 30.5 Å². The van der Waals surface area contributed by atoms with Crippen molar-refractivity contribution < 1.29 is 41.0 Å². The highest BCUT2D eigenvalue weighted by Crippen LogP contribution is 2.34. The molecule has 0 amide bonds. The molecule has 0 atom stereocenters. The summed E-state index contributed by atoms with van der Waals surface area (Å²) in [5, 5.41) is 2.71. The largest absolute Gasteiger partial charge is 0.491 e. The number of fused-ring (bicyclic) bond motifs is 1. The molecule has 0 aliphatic heterocycles. The summed E-state index contributed by atoms with van der Waals surface area (Å²) in [6.07, 6.45) is -3.53. The summed E-state index contributed by atoms with van der Waals surface area (Å²) in [6.45, 7) is 0. The van der Waals surface area contributed by atoms with Crippen LogP contribution in [0, 0.1) is 15.2 Å². The highest BCUT2D eigenvalue weighted by atomic mass is 127. The van der Waals surface area contributed by atoms with E-state index < -0.39 is 41.4 Å². The Morgan fingerprint density at radius 1 is 1.13 bits per heavy atom. The summed E-state index contributed by atoms with van der Waals surface area (Å²) < 4.78 is 79.1. The Kier molecular flexibility index (Phi) is 7.39. The Labute approximate surface area is 223 Å². The fraction of sp³-hybridized carbons (Fsp3) is 0.130. The highest BCUT2D eigenvalue weighted by molar-refractivity contribution is 14.1. The Hall–Kier alpha value is -4.02. The zero-order chi connectivity index (χ0) is 27.8. The van der Waals surface area contributed by atoms with Crippen molar-refractivity contribution >= 4 is 57.4 Å². The molecule has 0 fully saturated rings. The van der Waals surface area contributed by atoms with Gasteiger partial charge in [-0.1, -0.05) is 0 Å². The maximum absolute atomic E-state index is 14.7. The normalized spacial score (nSPS) is 11.4. The minimum atomic E-state index is -5.35. The topological polar surface area (TPSA) is 121 Å². The summed E-state index contributed by atoms with van der Waals surface area (Å²) >= 11 is 1.89. The van der Waals surface area contributed by atoms with Crippen molar-refractivity contribution in [3.05, 3.63) is 74.8 Å². The number of hydrogen-bond donors (Lipinski definition) is 2. The minimum Gasteiger partial charge on any atom is -0.465 e. The molecule has 0 aliphatic carbocycles. The van der Waals surface area contributed by atoms with Gasteiger partial charge in [0.15, 0.2) is 11.6 Å². The first kappa shape index (κ1) is 27.0. The van der Waals surface area contributed by atoms with Crippen LogP contribution >= 0.6 is 22.6 Å². The third-order valence-electron chi connectivity index (χ3n) is 5.24. The van der Waals surface area contributed by atoms with Crippen LogP contribution in [0.15, 0.2) is 42.9 Å². The average Bonchev–Trinajstić information content (AvgIpc) is 3.27. The molecule has 38 heavy (non-hydrogen) atoms. The first-order chi connectivity index (χ1) is 17.9. The Morgan fingerprint density at radius 2 is 1.87 bits per heavy atom. The second-order valence-corrected chi connectivity index (χ2v) is 8.92. The van der Waals surface area contributed by atoms with E-state index in [4.69, 9.17) is 10.5 Å². The number of anilines is 3. The number of methoxy groups -OCH3 is 1.